The number of nitrogens with one attached hydrogen (secondary N) is 2. The van der Waals surface area contributed by atoms with Crippen molar-refractivity contribution in [1.82, 2.24) is 9.97 Å². The lowest BCUT2D eigenvalue weighted by atomic mass is 10.3. The van der Waals surface area contributed by atoms with Crippen molar-refractivity contribution in [2.75, 3.05) is 30.4 Å². The molecule has 1 unspecified atom stereocenters. The molecule has 0 saturated carbocycles. The Morgan fingerprint density at radius 1 is 1.38 bits per heavy atom. The first-order valence-corrected chi connectivity index (χ1v) is 7.10. The highest BCUT2D eigenvalue weighted by Crippen LogP contribution is 2.27. The average molecular weight is 297 g/mol. The summed E-state index contributed by atoms with van der Waals surface area (Å²) in [5, 5.41) is 17.3. The predicted octanol–water partition coefficient (Wildman–Crippen LogP) is 2.35. The minimum Gasteiger partial charge on any atom is -0.380 e. The van der Waals surface area contributed by atoms with Crippen LogP contribution in [0.3, 0.4) is 0 Å². The Hall–Kier alpha value is -1.96. The van der Waals surface area contributed by atoms with Gasteiger partial charge in [0.05, 0.1) is 11.5 Å². The molecule has 0 amide bonds. The second-order valence-electron chi connectivity index (χ2n) is 4.72. The van der Waals surface area contributed by atoms with Gasteiger partial charge >= 0.3 is 5.69 Å². The molecule has 0 saturated heterocycles. The van der Waals surface area contributed by atoms with E-state index in [9.17, 15) is 10.1 Å². The molecule has 8 nitrogen and oxygen atoms in total. The summed E-state index contributed by atoms with van der Waals surface area (Å²) in [6, 6.07) is -0.0861. The summed E-state index contributed by atoms with van der Waals surface area (Å²) >= 11 is 0. The van der Waals surface area contributed by atoms with Crippen LogP contribution in [0.25, 0.3) is 0 Å². The molecule has 2 N–H and O–H groups in total. The van der Waals surface area contributed by atoms with Crippen LogP contribution in [0.15, 0.2) is 0 Å². The van der Waals surface area contributed by atoms with Crippen LogP contribution in [0.5, 0.6) is 0 Å². The number of hydrogen-bond acceptors (Lipinski definition) is 7. The summed E-state index contributed by atoms with van der Waals surface area (Å²) < 4.78 is 5.30. The Balaban J connectivity index is 3.00. The first kappa shape index (κ1) is 17.1. The fourth-order valence-electron chi connectivity index (χ4n) is 1.77. The largest absolute Gasteiger partial charge is 0.380 e. The fourth-order valence-corrected chi connectivity index (χ4v) is 1.77. The minimum atomic E-state index is -0.464. The normalized spacial score (nSPS) is 12.0. The van der Waals surface area contributed by atoms with Gasteiger partial charge in [0, 0.05) is 19.2 Å². The lowest BCUT2D eigenvalue weighted by molar-refractivity contribution is -0.385. The molecule has 0 aliphatic carbocycles. The maximum atomic E-state index is 11.2. The van der Waals surface area contributed by atoms with Gasteiger partial charge in [0.25, 0.3) is 0 Å². The zero-order chi connectivity index (χ0) is 15.8. The van der Waals surface area contributed by atoms with E-state index in [0.29, 0.717) is 31.4 Å². The summed E-state index contributed by atoms with van der Waals surface area (Å²) in [6.07, 6.45) is 0.920. The van der Waals surface area contributed by atoms with Gasteiger partial charge < -0.3 is 15.4 Å². The standard InChI is InChI=1S/C13H23N5O3/c1-5-7-14-13-16-10(4)11(18(19)20)12(17-13)15-9(3)8-21-6-2/h9H,5-8H2,1-4H3,(H2,14,15,16,17). The molecule has 21 heavy (non-hydrogen) atoms. The second-order valence-corrected chi connectivity index (χ2v) is 4.72. The van der Waals surface area contributed by atoms with Gasteiger partial charge in [-0.15, -0.1) is 0 Å². The topological polar surface area (TPSA) is 102 Å². The van der Waals surface area contributed by atoms with Crippen LogP contribution >= 0.6 is 0 Å². The van der Waals surface area contributed by atoms with Crippen molar-refractivity contribution < 1.29 is 9.66 Å². The Bertz CT molecular complexity index is 481. The van der Waals surface area contributed by atoms with Gasteiger partial charge in [-0.25, -0.2) is 4.98 Å². The van der Waals surface area contributed by atoms with Gasteiger partial charge in [0.1, 0.15) is 5.69 Å². The Labute approximate surface area is 124 Å². The Morgan fingerprint density at radius 3 is 2.67 bits per heavy atom. The van der Waals surface area contributed by atoms with E-state index >= 15 is 0 Å². The molecule has 1 atom stereocenters. The summed E-state index contributed by atoms with van der Waals surface area (Å²) in [6.45, 7) is 9.18. The number of ether oxygens (including phenoxy) is 1. The number of nitro groups is 1. The summed E-state index contributed by atoms with van der Waals surface area (Å²) in [4.78, 5) is 19.1. The summed E-state index contributed by atoms with van der Waals surface area (Å²) in [5.74, 6) is 0.615. The SMILES string of the molecule is CCCNc1nc(C)c([N+](=O)[O-])c(NC(C)COCC)n1. The van der Waals surface area contributed by atoms with Crippen molar-refractivity contribution in [3.05, 3.63) is 15.8 Å². The zero-order valence-corrected chi connectivity index (χ0v) is 13.0. The average Bonchev–Trinajstić information content (AvgIpc) is 2.42. The van der Waals surface area contributed by atoms with Gasteiger partial charge in [0.2, 0.25) is 11.8 Å². The Morgan fingerprint density at radius 2 is 2.10 bits per heavy atom. The van der Waals surface area contributed by atoms with Gasteiger partial charge in [-0.2, -0.15) is 4.98 Å². The third-order valence-electron chi connectivity index (χ3n) is 2.73. The molecule has 0 radical (unpaired) electrons. The molecule has 1 aromatic rings. The summed E-state index contributed by atoms with van der Waals surface area (Å²) in [7, 11) is 0. The molecule has 0 aliphatic rings. The van der Waals surface area contributed by atoms with Crippen LogP contribution < -0.4 is 10.6 Å². The molecule has 8 heteroatoms. The number of aromatic nitrogens is 2. The predicted molar refractivity (Wildman–Crippen MR) is 81.8 cm³/mol. The van der Waals surface area contributed by atoms with E-state index in [4.69, 9.17) is 4.74 Å². The third kappa shape index (κ3) is 5.14. The molecule has 0 aromatic carbocycles. The smallest absolute Gasteiger partial charge is 0.332 e. The quantitative estimate of drug-likeness (QED) is 0.532. The van der Waals surface area contributed by atoms with Crippen LogP contribution in [0, 0.1) is 17.0 Å². The van der Waals surface area contributed by atoms with Crippen LogP contribution in [0.2, 0.25) is 0 Å². The molecule has 0 aliphatic heterocycles. The number of nitrogens with zero attached hydrogens (tertiary/aromatic N) is 3. The fraction of sp³-hybridized carbons (Fsp3) is 0.692. The van der Waals surface area contributed by atoms with Crippen LogP contribution in [0.4, 0.5) is 17.5 Å². The van der Waals surface area contributed by atoms with E-state index < -0.39 is 4.92 Å². The van der Waals surface area contributed by atoms with E-state index in [1.807, 2.05) is 20.8 Å². The zero-order valence-electron chi connectivity index (χ0n) is 13.0. The van der Waals surface area contributed by atoms with Crippen molar-refractivity contribution in [3.63, 3.8) is 0 Å². The van der Waals surface area contributed by atoms with Crippen LogP contribution in [0.1, 0.15) is 32.9 Å². The highest BCUT2D eigenvalue weighted by molar-refractivity contribution is 5.61. The first-order chi connectivity index (χ1) is 9.99. The van der Waals surface area contributed by atoms with E-state index in [1.165, 1.54) is 0 Å². The molecule has 1 heterocycles. The van der Waals surface area contributed by atoms with Gasteiger partial charge in [-0.1, -0.05) is 6.92 Å². The monoisotopic (exact) mass is 297 g/mol. The van der Waals surface area contributed by atoms with Crippen molar-refractivity contribution in [2.24, 2.45) is 0 Å². The number of rotatable bonds is 9. The van der Waals surface area contributed by atoms with Gasteiger partial charge in [0.15, 0.2) is 0 Å². The lowest BCUT2D eigenvalue weighted by Gasteiger charge is -2.15. The number of hydrogen-bond donors (Lipinski definition) is 2. The van der Waals surface area contributed by atoms with Crippen molar-refractivity contribution in [2.45, 2.75) is 40.2 Å². The molecular weight excluding hydrogens is 274 g/mol. The first-order valence-electron chi connectivity index (χ1n) is 7.10. The molecule has 1 aromatic heterocycles. The summed E-state index contributed by atoms with van der Waals surface area (Å²) in [5.41, 5.74) is 0.236. The van der Waals surface area contributed by atoms with E-state index in [2.05, 4.69) is 20.6 Å². The second kappa shape index (κ2) is 8.35. The minimum absolute atomic E-state index is 0.0861. The molecule has 118 valence electrons. The Kier molecular flexibility index (Phi) is 6.80. The lowest BCUT2D eigenvalue weighted by Crippen LogP contribution is -2.23. The molecule has 0 bridgehead atoms. The van der Waals surface area contributed by atoms with E-state index in [0.717, 1.165) is 6.42 Å². The highest BCUT2D eigenvalue weighted by atomic mass is 16.6. The maximum absolute atomic E-state index is 11.2. The number of aryl methyl sites for hydroxylation is 1. The van der Waals surface area contributed by atoms with E-state index in [1.54, 1.807) is 6.92 Å². The van der Waals surface area contributed by atoms with Gasteiger partial charge in [-0.3, -0.25) is 10.1 Å². The number of anilines is 2. The molecule has 0 spiro atoms. The van der Waals surface area contributed by atoms with Crippen molar-refractivity contribution in [1.29, 1.82) is 0 Å². The van der Waals surface area contributed by atoms with Crippen LogP contribution in [-0.4, -0.2) is 40.7 Å². The van der Waals surface area contributed by atoms with Crippen LogP contribution in [-0.2, 0) is 4.74 Å². The molecular formula is C13H23N5O3. The van der Waals surface area contributed by atoms with E-state index in [-0.39, 0.29) is 17.5 Å². The molecule has 1 rings (SSSR count). The third-order valence-corrected chi connectivity index (χ3v) is 2.73. The maximum Gasteiger partial charge on any atom is 0.332 e. The van der Waals surface area contributed by atoms with Crippen molar-refractivity contribution >= 4 is 17.5 Å². The van der Waals surface area contributed by atoms with Crippen molar-refractivity contribution in [3.8, 4) is 0 Å². The molecule has 0 fully saturated rings. The van der Waals surface area contributed by atoms with Gasteiger partial charge in [-0.05, 0) is 27.2 Å². The highest BCUT2D eigenvalue weighted by Gasteiger charge is 2.23.